The van der Waals surface area contributed by atoms with Gasteiger partial charge in [-0.25, -0.2) is 4.98 Å². The first kappa shape index (κ1) is 15.1. The summed E-state index contributed by atoms with van der Waals surface area (Å²) in [6.45, 7) is 2.56. The Morgan fingerprint density at radius 2 is 2.05 bits per heavy atom. The monoisotopic (exact) mass is 304 g/mol. The van der Waals surface area contributed by atoms with Crippen molar-refractivity contribution >= 4 is 34.8 Å². The summed E-state index contributed by atoms with van der Waals surface area (Å²) in [5.74, 6) is 0.925. The lowest BCUT2D eigenvalue weighted by Crippen LogP contribution is -2.03. The number of nitrogens with one attached hydrogen (secondary N) is 2. The Morgan fingerprint density at radius 1 is 1.29 bits per heavy atom. The van der Waals surface area contributed by atoms with Crippen LogP contribution in [0.2, 0.25) is 0 Å². The Balaban J connectivity index is 2.31. The molecular formula is C14H16N4O2S. The summed E-state index contributed by atoms with van der Waals surface area (Å²) in [6.07, 6.45) is 1.99. The van der Waals surface area contributed by atoms with Gasteiger partial charge in [0.1, 0.15) is 11.6 Å². The standard InChI is InChI=1S/C14H16N4O2S/c1-3-15-13-8-11(18(19)20)9-14(17-13)16-10-5-4-6-12(7-10)21-2/h4-9H,3H2,1-2H3,(H2,15,16,17). The van der Waals surface area contributed by atoms with Crippen LogP contribution in [-0.4, -0.2) is 22.7 Å². The van der Waals surface area contributed by atoms with Crippen molar-refractivity contribution in [1.82, 2.24) is 4.98 Å². The van der Waals surface area contributed by atoms with Gasteiger partial charge in [0, 0.05) is 17.1 Å². The number of aromatic nitrogens is 1. The third-order valence-electron chi connectivity index (χ3n) is 2.72. The second kappa shape index (κ2) is 6.94. The largest absolute Gasteiger partial charge is 0.370 e. The van der Waals surface area contributed by atoms with Crippen molar-refractivity contribution in [1.29, 1.82) is 0 Å². The van der Waals surface area contributed by atoms with Gasteiger partial charge in [-0.05, 0) is 31.4 Å². The van der Waals surface area contributed by atoms with Crippen LogP contribution >= 0.6 is 11.8 Å². The lowest BCUT2D eigenvalue weighted by atomic mass is 10.3. The first-order chi connectivity index (χ1) is 10.1. The molecule has 2 aromatic rings. The second-order valence-corrected chi connectivity index (χ2v) is 5.12. The maximum Gasteiger partial charge on any atom is 0.276 e. The van der Waals surface area contributed by atoms with Crippen LogP contribution in [0.15, 0.2) is 41.3 Å². The van der Waals surface area contributed by atoms with Crippen LogP contribution in [0.1, 0.15) is 6.92 Å². The van der Waals surface area contributed by atoms with Gasteiger partial charge >= 0.3 is 0 Å². The number of hydrogen-bond donors (Lipinski definition) is 2. The molecule has 1 aromatic carbocycles. The van der Waals surface area contributed by atoms with Gasteiger partial charge in [-0.2, -0.15) is 0 Å². The summed E-state index contributed by atoms with van der Waals surface area (Å²) in [7, 11) is 0. The molecule has 0 amide bonds. The maximum absolute atomic E-state index is 11.0. The van der Waals surface area contributed by atoms with Crippen LogP contribution in [0.25, 0.3) is 0 Å². The summed E-state index contributed by atoms with van der Waals surface area (Å²) in [5, 5.41) is 17.1. The van der Waals surface area contributed by atoms with Gasteiger partial charge < -0.3 is 10.6 Å². The molecule has 0 saturated carbocycles. The third-order valence-corrected chi connectivity index (χ3v) is 3.45. The second-order valence-electron chi connectivity index (χ2n) is 4.24. The third kappa shape index (κ3) is 4.09. The van der Waals surface area contributed by atoms with E-state index in [0.29, 0.717) is 18.2 Å². The van der Waals surface area contributed by atoms with Gasteiger partial charge in [-0.15, -0.1) is 11.8 Å². The molecule has 0 saturated heterocycles. The SMILES string of the molecule is CCNc1cc([N+](=O)[O-])cc(Nc2cccc(SC)c2)n1. The minimum absolute atomic E-state index is 0.00414. The van der Waals surface area contributed by atoms with Crippen LogP contribution in [0.5, 0.6) is 0 Å². The van der Waals surface area contributed by atoms with E-state index in [1.165, 1.54) is 12.1 Å². The van der Waals surface area contributed by atoms with Crippen LogP contribution in [-0.2, 0) is 0 Å². The molecule has 1 aromatic heterocycles. The molecule has 2 rings (SSSR count). The number of nitro groups is 1. The zero-order valence-electron chi connectivity index (χ0n) is 11.8. The molecule has 0 unspecified atom stereocenters. The number of hydrogen-bond acceptors (Lipinski definition) is 6. The molecule has 0 aliphatic heterocycles. The molecule has 21 heavy (non-hydrogen) atoms. The Bertz CT molecular complexity index is 649. The zero-order chi connectivity index (χ0) is 15.2. The number of anilines is 3. The number of nitrogens with zero attached hydrogens (tertiary/aromatic N) is 2. The zero-order valence-corrected chi connectivity index (χ0v) is 12.6. The van der Waals surface area contributed by atoms with E-state index in [4.69, 9.17) is 0 Å². The van der Waals surface area contributed by atoms with Crippen molar-refractivity contribution in [2.24, 2.45) is 0 Å². The summed E-state index contributed by atoms with van der Waals surface area (Å²) in [4.78, 5) is 16.0. The van der Waals surface area contributed by atoms with Crippen LogP contribution in [0.4, 0.5) is 23.0 Å². The highest BCUT2D eigenvalue weighted by atomic mass is 32.2. The van der Waals surface area contributed by atoms with Crippen molar-refractivity contribution in [2.75, 3.05) is 23.4 Å². The number of benzene rings is 1. The molecule has 0 atom stereocenters. The quantitative estimate of drug-likeness (QED) is 0.479. The van der Waals surface area contributed by atoms with Crippen molar-refractivity contribution in [3.05, 3.63) is 46.5 Å². The average molecular weight is 304 g/mol. The van der Waals surface area contributed by atoms with E-state index in [2.05, 4.69) is 15.6 Å². The number of rotatable bonds is 6. The minimum Gasteiger partial charge on any atom is -0.370 e. The van der Waals surface area contributed by atoms with Gasteiger partial charge in [0.05, 0.1) is 17.1 Å². The van der Waals surface area contributed by atoms with Crippen LogP contribution in [0, 0.1) is 10.1 Å². The predicted octanol–water partition coefficient (Wildman–Crippen LogP) is 3.89. The summed E-state index contributed by atoms with van der Waals surface area (Å²) in [6, 6.07) is 10.6. The summed E-state index contributed by atoms with van der Waals surface area (Å²) < 4.78 is 0. The van der Waals surface area contributed by atoms with Crippen molar-refractivity contribution in [2.45, 2.75) is 11.8 Å². The smallest absolute Gasteiger partial charge is 0.276 e. The van der Waals surface area contributed by atoms with E-state index in [1.807, 2.05) is 37.4 Å². The van der Waals surface area contributed by atoms with E-state index < -0.39 is 4.92 Å². The highest BCUT2D eigenvalue weighted by Crippen LogP contribution is 2.25. The highest BCUT2D eigenvalue weighted by Gasteiger charge is 2.11. The molecule has 0 bridgehead atoms. The average Bonchev–Trinajstić information content (AvgIpc) is 2.47. The van der Waals surface area contributed by atoms with Crippen LogP contribution in [0.3, 0.4) is 0 Å². The van der Waals surface area contributed by atoms with Gasteiger partial charge in [0.15, 0.2) is 0 Å². The fourth-order valence-electron chi connectivity index (χ4n) is 1.81. The molecule has 6 nitrogen and oxygen atoms in total. The predicted molar refractivity (Wildman–Crippen MR) is 86.6 cm³/mol. The molecule has 7 heteroatoms. The fourth-order valence-corrected chi connectivity index (χ4v) is 2.27. The lowest BCUT2D eigenvalue weighted by Gasteiger charge is -2.09. The maximum atomic E-state index is 11.0. The Labute approximate surface area is 127 Å². The molecule has 1 heterocycles. The molecule has 110 valence electrons. The summed E-state index contributed by atoms with van der Waals surface area (Å²) in [5.41, 5.74) is 0.849. The van der Waals surface area contributed by atoms with E-state index >= 15 is 0 Å². The van der Waals surface area contributed by atoms with Crippen molar-refractivity contribution < 1.29 is 4.92 Å². The van der Waals surface area contributed by atoms with Crippen molar-refractivity contribution in [3.8, 4) is 0 Å². The normalized spacial score (nSPS) is 10.2. The first-order valence-corrected chi connectivity index (χ1v) is 7.66. The topological polar surface area (TPSA) is 80.1 Å². The summed E-state index contributed by atoms with van der Waals surface area (Å²) >= 11 is 1.63. The van der Waals surface area contributed by atoms with E-state index in [-0.39, 0.29) is 5.69 Å². The van der Waals surface area contributed by atoms with Gasteiger partial charge in [-0.3, -0.25) is 10.1 Å². The van der Waals surface area contributed by atoms with Gasteiger partial charge in [-0.1, -0.05) is 6.07 Å². The molecule has 0 spiro atoms. The number of pyridine rings is 1. The first-order valence-electron chi connectivity index (χ1n) is 6.44. The molecule has 0 aliphatic carbocycles. The number of thioether (sulfide) groups is 1. The van der Waals surface area contributed by atoms with E-state index in [1.54, 1.807) is 11.8 Å². The Hall–Kier alpha value is -2.28. The molecule has 0 aliphatic rings. The Kier molecular flexibility index (Phi) is 4.99. The fraction of sp³-hybridized carbons (Fsp3) is 0.214. The molecule has 0 fully saturated rings. The Morgan fingerprint density at radius 3 is 2.71 bits per heavy atom. The molecular weight excluding hydrogens is 288 g/mol. The van der Waals surface area contributed by atoms with Crippen molar-refractivity contribution in [3.63, 3.8) is 0 Å². The van der Waals surface area contributed by atoms with Gasteiger partial charge in [0.25, 0.3) is 5.69 Å². The highest BCUT2D eigenvalue weighted by molar-refractivity contribution is 7.98. The van der Waals surface area contributed by atoms with E-state index in [0.717, 1.165) is 10.6 Å². The lowest BCUT2D eigenvalue weighted by molar-refractivity contribution is -0.384. The minimum atomic E-state index is -0.425. The molecule has 0 radical (unpaired) electrons. The molecule has 2 N–H and O–H groups in total. The van der Waals surface area contributed by atoms with Crippen LogP contribution < -0.4 is 10.6 Å². The van der Waals surface area contributed by atoms with E-state index in [9.17, 15) is 10.1 Å². The van der Waals surface area contributed by atoms with Gasteiger partial charge in [0.2, 0.25) is 0 Å².